The van der Waals surface area contributed by atoms with Crippen molar-refractivity contribution in [2.24, 2.45) is 0 Å². The number of aryl methyl sites for hydroxylation is 1. The van der Waals surface area contributed by atoms with Gasteiger partial charge in [0.05, 0.1) is 17.8 Å². The van der Waals surface area contributed by atoms with Crippen LogP contribution in [0.3, 0.4) is 0 Å². The highest BCUT2D eigenvalue weighted by molar-refractivity contribution is 8.00. The Morgan fingerprint density at radius 1 is 1.12 bits per heavy atom. The lowest BCUT2D eigenvalue weighted by atomic mass is 9.87. The summed E-state index contributed by atoms with van der Waals surface area (Å²) in [5.41, 5.74) is 2.07. The summed E-state index contributed by atoms with van der Waals surface area (Å²) in [5, 5.41) is 2.44. The number of rotatable bonds is 11. The van der Waals surface area contributed by atoms with Crippen LogP contribution in [-0.4, -0.2) is 45.8 Å². The molecule has 0 saturated heterocycles. The first-order valence-corrected chi connectivity index (χ1v) is 13.5. The molecule has 0 aliphatic carbocycles. The van der Waals surface area contributed by atoms with Crippen molar-refractivity contribution in [3.8, 4) is 5.75 Å². The minimum absolute atomic E-state index is 0.0291. The fourth-order valence-electron chi connectivity index (χ4n) is 3.24. The fourth-order valence-corrected chi connectivity index (χ4v) is 5.70. The van der Waals surface area contributed by atoms with Gasteiger partial charge >= 0.3 is 5.97 Å². The summed E-state index contributed by atoms with van der Waals surface area (Å²) in [6.07, 6.45) is 0.453. The van der Waals surface area contributed by atoms with Crippen molar-refractivity contribution in [2.45, 2.75) is 61.6 Å². The van der Waals surface area contributed by atoms with E-state index < -0.39 is 15.2 Å². The maximum Gasteiger partial charge on any atom is 0.315 e. The number of ether oxygens (including phenoxy) is 2. The van der Waals surface area contributed by atoms with E-state index >= 15 is 0 Å². The molecule has 0 amide bonds. The van der Waals surface area contributed by atoms with Gasteiger partial charge in [-0.05, 0) is 60.2 Å². The lowest BCUT2D eigenvalue weighted by Gasteiger charge is -2.21. The molecule has 0 radical (unpaired) electrons. The van der Waals surface area contributed by atoms with E-state index in [9.17, 15) is 13.2 Å². The van der Waals surface area contributed by atoms with Gasteiger partial charge < -0.3 is 9.47 Å². The molecule has 2 rings (SSSR count). The fraction of sp³-hybridized carbons (Fsp3) is 0.480. The Morgan fingerprint density at radius 3 is 2.33 bits per heavy atom. The average Bonchev–Trinajstić information content (AvgIpc) is 2.77. The summed E-state index contributed by atoms with van der Waals surface area (Å²) in [6.45, 7) is 10.8. The lowest BCUT2D eigenvalue weighted by molar-refractivity contribution is -0.137. The number of carbonyl (C=O) groups is 1. The molecule has 1 N–H and O–H groups in total. The van der Waals surface area contributed by atoms with Gasteiger partial charge in [-0.25, -0.2) is 8.42 Å². The minimum Gasteiger partial charge on any atom is -0.492 e. The number of thioether (sulfide) groups is 1. The number of sulfone groups is 1. The van der Waals surface area contributed by atoms with Crippen LogP contribution in [-0.2, 0) is 24.8 Å². The summed E-state index contributed by atoms with van der Waals surface area (Å²) < 4.78 is 36.6. The summed E-state index contributed by atoms with van der Waals surface area (Å²) in [6, 6.07) is 12.8. The quantitative estimate of drug-likeness (QED) is 0.275. The van der Waals surface area contributed by atoms with Crippen molar-refractivity contribution in [2.75, 3.05) is 26.0 Å². The molecule has 0 fully saturated rings. The molecule has 8 heteroatoms. The van der Waals surface area contributed by atoms with Crippen LogP contribution < -0.4 is 10.1 Å². The van der Waals surface area contributed by atoms with E-state index in [1.807, 2.05) is 44.2 Å². The molecule has 0 bridgehead atoms. The molecule has 2 aromatic rings. The van der Waals surface area contributed by atoms with Crippen LogP contribution in [0.15, 0.2) is 52.3 Å². The van der Waals surface area contributed by atoms with Crippen molar-refractivity contribution >= 4 is 27.6 Å². The topological polar surface area (TPSA) is 81.7 Å². The maximum absolute atomic E-state index is 13.1. The zero-order valence-electron chi connectivity index (χ0n) is 20.3. The second-order valence-corrected chi connectivity index (χ2v) is 12.0. The lowest BCUT2D eigenvalue weighted by Crippen LogP contribution is -2.38. The van der Waals surface area contributed by atoms with Gasteiger partial charge in [0.1, 0.15) is 17.7 Å². The van der Waals surface area contributed by atoms with Gasteiger partial charge in [0.2, 0.25) is 0 Å². The molecule has 0 saturated carbocycles. The van der Waals surface area contributed by atoms with Crippen LogP contribution in [0.1, 0.15) is 45.2 Å². The van der Waals surface area contributed by atoms with Gasteiger partial charge in [-0.1, -0.05) is 39.8 Å². The number of nitrogens with one attached hydrogen (secondary N) is 1. The third kappa shape index (κ3) is 7.76. The van der Waals surface area contributed by atoms with Gasteiger partial charge in [0.25, 0.3) is 0 Å². The van der Waals surface area contributed by atoms with E-state index in [4.69, 9.17) is 4.74 Å². The zero-order chi connectivity index (χ0) is 24.6. The van der Waals surface area contributed by atoms with E-state index in [1.165, 1.54) is 18.9 Å². The Morgan fingerprint density at radius 2 is 1.79 bits per heavy atom. The summed E-state index contributed by atoms with van der Waals surface area (Å²) in [5.74, 6) is 0.689. The zero-order valence-corrected chi connectivity index (χ0v) is 21.9. The highest BCUT2D eigenvalue weighted by atomic mass is 32.2. The third-order valence-corrected chi connectivity index (χ3v) is 8.58. The Balaban J connectivity index is 1.92. The van der Waals surface area contributed by atoms with E-state index in [0.29, 0.717) is 30.2 Å². The monoisotopic (exact) mass is 493 g/mol. The third-order valence-electron chi connectivity index (χ3n) is 5.26. The summed E-state index contributed by atoms with van der Waals surface area (Å²) >= 11 is 1.42. The van der Waals surface area contributed by atoms with Crippen LogP contribution in [0, 0.1) is 6.92 Å². The van der Waals surface area contributed by atoms with E-state index in [1.54, 1.807) is 12.1 Å². The van der Waals surface area contributed by atoms with Crippen LogP contribution >= 0.6 is 11.8 Å². The van der Waals surface area contributed by atoms with Crippen molar-refractivity contribution in [3.05, 3.63) is 53.6 Å². The normalized spacial score (nSPS) is 12.9. The van der Waals surface area contributed by atoms with Gasteiger partial charge in [0, 0.05) is 11.4 Å². The molecule has 6 nitrogen and oxygen atoms in total. The molecule has 0 heterocycles. The molecule has 0 aliphatic heterocycles. The van der Waals surface area contributed by atoms with Gasteiger partial charge in [-0.15, -0.1) is 11.8 Å². The first kappa shape index (κ1) is 27.2. The average molecular weight is 494 g/mol. The molecule has 0 aliphatic rings. The Bertz CT molecular complexity index is 1030. The largest absolute Gasteiger partial charge is 0.492 e. The minimum atomic E-state index is -3.49. The summed E-state index contributed by atoms with van der Waals surface area (Å²) in [7, 11) is -2.12. The molecule has 0 spiro atoms. The maximum atomic E-state index is 13.1. The molecular formula is C25H35NO5S2. The second-order valence-electron chi connectivity index (χ2n) is 8.81. The highest BCUT2D eigenvalue weighted by Crippen LogP contribution is 2.27. The van der Waals surface area contributed by atoms with Crippen molar-refractivity contribution in [1.82, 2.24) is 5.32 Å². The first-order chi connectivity index (χ1) is 15.5. The molecule has 182 valence electrons. The van der Waals surface area contributed by atoms with E-state index in [-0.39, 0.29) is 17.1 Å². The standard InChI is InChI=1S/C25H35NO5S2/c1-7-23(33(28,29)21-11-8-19(9-12-21)25(3,4)5)26-14-15-31-20-10-13-22(18(2)16-20)32-17-24(27)30-6/h8-13,16,23,26H,7,14-15,17H2,1-6H3. The first-order valence-electron chi connectivity index (χ1n) is 11.0. The smallest absolute Gasteiger partial charge is 0.315 e. The molecular weight excluding hydrogens is 458 g/mol. The van der Waals surface area contributed by atoms with Crippen LogP contribution in [0.25, 0.3) is 0 Å². The van der Waals surface area contributed by atoms with Crippen LogP contribution in [0.4, 0.5) is 0 Å². The predicted octanol–water partition coefficient (Wildman–Crippen LogP) is 4.74. The van der Waals surface area contributed by atoms with E-state index in [0.717, 1.165) is 16.0 Å². The number of benzene rings is 2. The number of hydrogen-bond donors (Lipinski definition) is 1. The van der Waals surface area contributed by atoms with E-state index in [2.05, 4.69) is 30.8 Å². The highest BCUT2D eigenvalue weighted by Gasteiger charge is 2.26. The number of methoxy groups -OCH3 is 1. The Kier molecular flexibility index (Phi) is 9.82. The summed E-state index contributed by atoms with van der Waals surface area (Å²) in [4.78, 5) is 12.6. The number of esters is 1. The molecule has 1 atom stereocenters. The number of hydrogen-bond acceptors (Lipinski definition) is 7. The van der Waals surface area contributed by atoms with Crippen molar-refractivity contribution in [3.63, 3.8) is 0 Å². The molecule has 1 unspecified atom stereocenters. The Hall–Kier alpha value is -2.03. The SMILES string of the molecule is CCC(NCCOc1ccc(SCC(=O)OC)c(C)c1)S(=O)(=O)c1ccc(C(C)(C)C)cc1. The second kappa shape index (κ2) is 11.9. The molecule has 2 aromatic carbocycles. The van der Waals surface area contributed by atoms with Crippen molar-refractivity contribution < 1.29 is 22.7 Å². The Labute approximate surface area is 202 Å². The molecule has 33 heavy (non-hydrogen) atoms. The van der Waals surface area contributed by atoms with Crippen molar-refractivity contribution in [1.29, 1.82) is 0 Å². The predicted molar refractivity (Wildman–Crippen MR) is 134 cm³/mol. The van der Waals surface area contributed by atoms with Gasteiger partial charge in [-0.3, -0.25) is 10.1 Å². The van der Waals surface area contributed by atoms with Gasteiger partial charge in [0.15, 0.2) is 9.84 Å². The number of carbonyl (C=O) groups excluding carboxylic acids is 1. The van der Waals surface area contributed by atoms with Gasteiger partial charge in [-0.2, -0.15) is 0 Å². The van der Waals surface area contributed by atoms with Crippen LogP contribution in [0.5, 0.6) is 5.75 Å². The molecule has 0 aromatic heterocycles. The van der Waals surface area contributed by atoms with Crippen LogP contribution in [0.2, 0.25) is 0 Å².